The van der Waals surface area contributed by atoms with Crippen LogP contribution in [0, 0.1) is 10.1 Å². The number of nitrogens with zero attached hydrogens (tertiary/aromatic N) is 1. The molecule has 182 valence electrons. The molecule has 0 aliphatic heterocycles. The van der Waals surface area contributed by atoms with Gasteiger partial charge in [0.25, 0.3) is 5.69 Å². The third-order valence-corrected chi connectivity index (χ3v) is 4.83. The fourth-order valence-electron chi connectivity index (χ4n) is 3.27. The molecule has 0 saturated heterocycles. The van der Waals surface area contributed by atoms with Gasteiger partial charge in [-0.15, -0.1) is 0 Å². The number of amides is 1. The molecule has 0 aliphatic rings. The third-order valence-electron chi connectivity index (χ3n) is 4.83. The first-order valence-corrected chi connectivity index (χ1v) is 10.0. The van der Waals surface area contributed by atoms with Gasteiger partial charge >= 0.3 is 18.1 Å². The number of carboxylic acid groups (broad SMARTS) is 1. The molecule has 2 rings (SSSR count). The Hall–Kier alpha value is -3.96. The number of ether oxygens (including phenoxy) is 1. The van der Waals surface area contributed by atoms with Crippen LogP contribution in [0.5, 0.6) is 0 Å². The van der Waals surface area contributed by atoms with E-state index in [0.29, 0.717) is 0 Å². The van der Waals surface area contributed by atoms with Crippen LogP contribution in [0.2, 0.25) is 0 Å². The minimum atomic E-state index is -4.61. The van der Waals surface area contributed by atoms with E-state index >= 15 is 0 Å². The molecule has 9 nitrogen and oxygen atoms in total. The number of halogens is 3. The zero-order valence-corrected chi connectivity index (χ0v) is 17.9. The molecule has 1 amide bonds. The molecule has 12 heteroatoms. The number of hydrogen-bond acceptors (Lipinski definition) is 6. The maximum Gasteiger partial charge on any atom is 0.416 e. The Balaban J connectivity index is 2.30. The maximum absolute atomic E-state index is 12.9. The fraction of sp³-hybridized carbons (Fsp3) is 0.318. The zero-order chi connectivity index (χ0) is 25.5. The van der Waals surface area contributed by atoms with Crippen molar-refractivity contribution in [2.75, 3.05) is 6.61 Å². The number of alkyl halides is 3. The Labute approximate surface area is 191 Å². The van der Waals surface area contributed by atoms with Crippen molar-refractivity contribution in [2.45, 2.75) is 37.9 Å². The summed E-state index contributed by atoms with van der Waals surface area (Å²) in [6.45, 7) is 1.57. The van der Waals surface area contributed by atoms with Gasteiger partial charge in [0.15, 0.2) is 0 Å². The normalized spacial score (nSPS) is 12.9. The van der Waals surface area contributed by atoms with E-state index in [1.54, 1.807) is 6.92 Å². The summed E-state index contributed by atoms with van der Waals surface area (Å²) in [6.07, 6.45) is -5.62. The number of non-ortho nitro benzene ring substituents is 1. The van der Waals surface area contributed by atoms with Crippen LogP contribution in [0.15, 0.2) is 48.5 Å². The molecule has 0 aromatic heterocycles. The van der Waals surface area contributed by atoms with Crippen LogP contribution in [0.3, 0.4) is 0 Å². The number of carboxylic acids is 1. The van der Waals surface area contributed by atoms with Crippen LogP contribution in [0.4, 0.5) is 18.9 Å². The Bertz CT molecular complexity index is 1060. The van der Waals surface area contributed by atoms with E-state index in [1.165, 1.54) is 18.2 Å². The molecule has 2 atom stereocenters. The molecular weight excluding hydrogens is 461 g/mol. The number of carbonyl (C=O) groups excluding carboxylic acids is 2. The third kappa shape index (κ3) is 7.29. The summed E-state index contributed by atoms with van der Waals surface area (Å²) >= 11 is 0. The lowest BCUT2D eigenvalue weighted by atomic mass is 9.88. The topological polar surface area (TPSA) is 136 Å². The van der Waals surface area contributed by atoms with Crippen LogP contribution in [0.1, 0.15) is 36.0 Å². The number of benzene rings is 2. The van der Waals surface area contributed by atoms with E-state index in [9.17, 15) is 42.8 Å². The van der Waals surface area contributed by atoms with Crippen LogP contribution in [-0.2, 0) is 31.7 Å². The van der Waals surface area contributed by atoms with Crippen molar-refractivity contribution in [1.82, 2.24) is 5.32 Å². The molecule has 0 bridgehead atoms. The van der Waals surface area contributed by atoms with Crippen molar-refractivity contribution < 1.29 is 42.3 Å². The summed E-state index contributed by atoms with van der Waals surface area (Å²) in [5.41, 5.74) is -1.00. The molecule has 0 spiro atoms. The highest BCUT2D eigenvalue weighted by molar-refractivity contribution is 5.86. The second kappa shape index (κ2) is 11.3. The van der Waals surface area contributed by atoms with Gasteiger partial charge in [-0.05, 0) is 24.1 Å². The first-order chi connectivity index (χ1) is 15.9. The molecule has 2 aromatic carbocycles. The lowest BCUT2D eigenvalue weighted by molar-refractivity contribution is -0.384. The van der Waals surface area contributed by atoms with Crippen LogP contribution in [-0.4, -0.2) is 40.5 Å². The summed E-state index contributed by atoms with van der Waals surface area (Å²) in [5.74, 6) is -4.32. The predicted octanol–water partition coefficient (Wildman–Crippen LogP) is 3.46. The Morgan fingerprint density at radius 1 is 1.15 bits per heavy atom. The molecule has 0 aliphatic carbocycles. The maximum atomic E-state index is 12.9. The van der Waals surface area contributed by atoms with E-state index in [0.717, 1.165) is 30.3 Å². The van der Waals surface area contributed by atoms with Gasteiger partial charge < -0.3 is 15.2 Å². The summed E-state index contributed by atoms with van der Waals surface area (Å²) < 4.78 is 43.6. The zero-order valence-electron chi connectivity index (χ0n) is 17.9. The molecule has 0 saturated carbocycles. The summed E-state index contributed by atoms with van der Waals surface area (Å²) in [4.78, 5) is 46.8. The largest absolute Gasteiger partial charge is 0.480 e. The van der Waals surface area contributed by atoms with Crippen LogP contribution >= 0.6 is 0 Å². The number of nitro benzene ring substituents is 1. The van der Waals surface area contributed by atoms with Gasteiger partial charge in [-0.3, -0.25) is 19.7 Å². The van der Waals surface area contributed by atoms with Crippen molar-refractivity contribution in [3.8, 4) is 0 Å². The lowest BCUT2D eigenvalue weighted by Crippen LogP contribution is -2.46. The lowest BCUT2D eigenvalue weighted by Gasteiger charge is -2.25. The minimum Gasteiger partial charge on any atom is -0.480 e. The molecule has 0 radical (unpaired) electrons. The molecule has 2 N–H and O–H groups in total. The number of aliphatic carboxylic acids is 1. The van der Waals surface area contributed by atoms with Gasteiger partial charge in [-0.1, -0.05) is 30.3 Å². The Morgan fingerprint density at radius 2 is 1.79 bits per heavy atom. The van der Waals surface area contributed by atoms with Crippen molar-refractivity contribution in [3.05, 3.63) is 75.3 Å². The first-order valence-electron chi connectivity index (χ1n) is 10.0. The molecule has 34 heavy (non-hydrogen) atoms. The molecule has 2 aromatic rings. The minimum absolute atomic E-state index is 0.00809. The van der Waals surface area contributed by atoms with Crippen molar-refractivity contribution >= 4 is 23.5 Å². The van der Waals surface area contributed by atoms with Crippen LogP contribution < -0.4 is 5.32 Å². The number of rotatable bonds is 10. The molecule has 0 unspecified atom stereocenters. The summed E-state index contributed by atoms with van der Waals surface area (Å²) in [6, 6.07) is 7.14. The average molecular weight is 482 g/mol. The van der Waals surface area contributed by atoms with E-state index in [-0.39, 0.29) is 23.4 Å². The fourth-order valence-corrected chi connectivity index (χ4v) is 3.27. The standard InChI is InChI=1S/C22H21F3N2O7/c1-2-34-19(29)12-17(14-6-8-16(9-7-14)27(32)33)20(21(30)31)26-18(28)11-13-4-3-5-15(10-13)22(23,24)25/h3-10,17,20H,2,11-12H2,1H3,(H,26,28)(H,30,31)/t17-,20-/m1/s1. The average Bonchev–Trinajstić information content (AvgIpc) is 2.76. The van der Waals surface area contributed by atoms with Crippen molar-refractivity contribution in [2.24, 2.45) is 0 Å². The molecule has 0 heterocycles. The van der Waals surface area contributed by atoms with Crippen LogP contribution in [0.25, 0.3) is 0 Å². The second-order valence-corrected chi connectivity index (χ2v) is 7.22. The van der Waals surface area contributed by atoms with E-state index in [4.69, 9.17) is 4.74 Å². The second-order valence-electron chi connectivity index (χ2n) is 7.22. The number of nitrogens with one attached hydrogen (secondary N) is 1. The molecule has 0 fully saturated rings. The SMILES string of the molecule is CCOC(=O)C[C@H](c1ccc([N+](=O)[O-])cc1)[C@@H](NC(=O)Cc1cccc(C(F)(F)F)c1)C(=O)O. The van der Waals surface area contributed by atoms with Crippen molar-refractivity contribution in [1.29, 1.82) is 0 Å². The monoisotopic (exact) mass is 482 g/mol. The van der Waals surface area contributed by atoms with E-state index in [1.807, 2.05) is 0 Å². The first kappa shape index (κ1) is 26.3. The van der Waals surface area contributed by atoms with Gasteiger partial charge in [0.05, 0.1) is 29.9 Å². The van der Waals surface area contributed by atoms with E-state index < -0.39 is 59.3 Å². The highest BCUT2D eigenvalue weighted by atomic mass is 19.4. The van der Waals surface area contributed by atoms with E-state index in [2.05, 4.69) is 5.32 Å². The number of esters is 1. The molecular formula is C22H21F3N2O7. The van der Waals surface area contributed by atoms with Crippen molar-refractivity contribution in [3.63, 3.8) is 0 Å². The number of hydrogen-bond donors (Lipinski definition) is 2. The smallest absolute Gasteiger partial charge is 0.416 e. The summed E-state index contributed by atoms with van der Waals surface area (Å²) in [5, 5.41) is 22.9. The number of nitro groups is 1. The van der Waals surface area contributed by atoms with Gasteiger partial charge in [0.2, 0.25) is 5.91 Å². The quantitative estimate of drug-likeness (QED) is 0.301. The highest BCUT2D eigenvalue weighted by Gasteiger charge is 2.34. The predicted molar refractivity (Wildman–Crippen MR) is 112 cm³/mol. The van der Waals surface area contributed by atoms with Gasteiger partial charge in [-0.2, -0.15) is 13.2 Å². The van der Waals surface area contributed by atoms with Gasteiger partial charge in [0.1, 0.15) is 6.04 Å². The number of carbonyl (C=O) groups is 3. The summed E-state index contributed by atoms with van der Waals surface area (Å²) in [7, 11) is 0. The Morgan fingerprint density at radius 3 is 2.32 bits per heavy atom. The van der Waals surface area contributed by atoms with Gasteiger partial charge in [-0.25, -0.2) is 4.79 Å². The highest BCUT2D eigenvalue weighted by Crippen LogP contribution is 2.30. The Kier molecular flexibility index (Phi) is 8.70. The van der Waals surface area contributed by atoms with Gasteiger partial charge in [0, 0.05) is 18.1 Å².